The first kappa shape index (κ1) is 22.3. The lowest BCUT2D eigenvalue weighted by molar-refractivity contribution is -0.148. The second-order valence-corrected chi connectivity index (χ2v) is 9.06. The Labute approximate surface area is 174 Å². The molecular weight excluding hydrogens is 367 g/mol. The molecule has 0 saturated heterocycles. The third-order valence-corrected chi connectivity index (χ3v) is 7.04. The average Bonchev–Trinajstić information content (AvgIpc) is 2.68. The van der Waals surface area contributed by atoms with Crippen LogP contribution in [0.15, 0.2) is 30.3 Å². The van der Waals surface area contributed by atoms with Crippen LogP contribution in [0.25, 0.3) is 0 Å². The van der Waals surface area contributed by atoms with E-state index in [9.17, 15) is 9.90 Å². The van der Waals surface area contributed by atoms with E-state index in [-0.39, 0.29) is 12.2 Å². The topological polar surface area (TPSA) is 116 Å². The molecular formula is C22H35BN2O4. The zero-order valence-electron chi connectivity index (χ0n) is 17.2. The van der Waals surface area contributed by atoms with Crippen molar-refractivity contribution in [2.24, 2.45) is 11.7 Å². The summed E-state index contributed by atoms with van der Waals surface area (Å²) in [6, 6.07) is 11.6. The van der Waals surface area contributed by atoms with Crippen molar-refractivity contribution < 1.29 is 19.9 Å². The SMILES string of the molecule is N[C@](CCCCB(O)O)(C(=O)O)[C@H]1C[C@H](NC2CCC(c3ccccc3)CC2)C1. The van der Waals surface area contributed by atoms with Gasteiger partial charge in [0.05, 0.1) is 0 Å². The monoisotopic (exact) mass is 402 g/mol. The maximum atomic E-state index is 11.8. The van der Waals surface area contributed by atoms with Gasteiger partial charge >= 0.3 is 13.1 Å². The fraction of sp³-hybridized carbons (Fsp3) is 0.682. The van der Waals surface area contributed by atoms with Crippen molar-refractivity contribution in [3.63, 3.8) is 0 Å². The van der Waals surface area contributed by atoms with Crippen LogP contribution in [0.2, 0.25) is 6.32 Å². The number of nitrogens with two attached hydrogens (primary N) is 1. The summed E-state index contributed by atoms with van der Waals surface area (Å²) in [6.45, 7) is 0. The fourth-order valence-corrected chi connectivity index (χ4v) is 5.06. The number of aliphatic carboxylic acids is 1. The van der Waals surface area contributed by atoms with Crippen LogP contribution >= 0.6 is 0 Å². The van der Waals surface area contributed by atoms with Crippen molar-refractivity contribution in [1.82, 2.24) is 5.32 Å². The average molecular weight is 402 g/mol. The molecule has 0 amide bonds. The van der Waals surface area contributed by atoms with Crippen LogP contribution in [0.1, 0.15) is 69.3 Å². The molecule has 0 aliphatic heterocycles. The molecule has 0 spiro atoms. The number of unbranched alkanes of at least 4 members (excludes halogenated alkanes) is 1. The normalized spacial score (nSPS) is 28.9. The van der Waals surface area contributed by atoms with Gasteiger partial charge < -0.3 is 26.2 Å². The molecule has 1 aromatic carbocycles. The van der Waals surface area contributed by atoms with Crippen molar-refractivity contribution in [3.8, 4) is 0 Å². The van der Waals surface area contributed by atoms with Gasteiger partial charge in [-0.1, -0.05) is 43.2 Å². The van der Waals surface area contributed by atoms with E-state index in [4.69, 9.17) is 15.8 Å². The summed E-state index contributed by atoms with van der Waals surface area (Å²) in [7, 11) is -1.33. The summed E-state index contributed by atoms with van der Waals surface area (Å²) in [5.41, 5.74) is 6.53. The molecule has 6 N–H and O–H groups in total. The predicted molar refractivity (Wildman–Crippen MR) is 114 cm³/mol. The Morgan fingerprint density at radius 2 is 1.72 bits per heavy atom. The van der Waals surface area contributed by atoms with Crippen LogP contribution in [0.3, 0.4) is 0 Å². The molecule has 7 heteroatoms. The lowest BCUT2D eigenvalue weighted by Gasteiger charge is -2.46. The Kier molecular flexibility index (Phi) is 7.74. The van der Waals surface area contributed by atoms with Gasteiger partial charge in [0.2, 0.25) is 0 Å². The van der Waals surface area contributed by atoms with Crippen molar-refractivity contribution >= 4 is 13.1 Å². The molecule has 0 bridgehead atoms. The van der Waals surface area contributed by atoms with Gasteiger partial charge in [-0.25, -0.2) is 0 Å². The van der Waals surface area contributed by atoms with Gasteiger partial charge in [-0.15, -0.1) is 0 Å². The van der Waals surface area contributed by atoms with E-state index in [1.807, 2.05) is 0 Å². The van der Waals surface area contributed by atoms with Gasteiger partial charge in [-0.3, -0.25) is 4.79 Å². The van der Waals surface area contributed by atoms with Crippen LogP contribution in [0.4, 0.5) is 0 Å². The lowest BCUT2D eigenvalue weighted by atomic mass is 9.65. The highest BCUT2D eigenvalue weighted by molar-refractivity contribution is 6.40. The van der Waals surface area contributed by atoms with Gasteiger partial charge in [-0.05, 0) is 68.7 Å². The zero-order chi connectivity index (χ0) is 20.9. The second kappa shape index (κ2) is 10.1. The summed E-state index contributed by atoms with van der Waals surface area (Å²) in [6.07, 6.45) is 8.16. The summed E-state index contributed by atoms with van der Waals surface area (Å²) in [4.78, 5) is 11.8. The Morgan fingerprint density at radius 1 is 1.07 bits per heavy atom. The molecule has 1 aromatic rings. The molecule has 0 aromatic heterocycles. The van der Waals surface area contributed by atoms with Crippen LogP contribution in [0, 0.1) is 5.92 Å². The summed E-state index contributed by atoms with van der Waals surface area (Å²) < 4.78 is 0. The molecule has 2 saturated carbocycles. The minimum absolute atomic E-state index is 0.0165. The quantitative estimate of drug-likeness (QED) is 0.303. The predicted octanol–water partition coefficient (Wildman–Crippen LogP) is 2.51. The number of hydrogen-bond acceptors (Lipinski definition) is 5. The maximum Gasteiger partial charge on any atom is 0.451 e. The number of hydrogen-bond donors (Lipinski definition) is 5. The molecule has 2 aliphatic carbocycles. The van der Waals surface area contributed by atoms with E-state index in [0.29, 0.717) is 37.3 Å². The fourth-order valence-electron chi connectivity index (χ4n) is 5.06. The number of carbonyl (C=O) groups is 1. The summed E-state index contributed by atoms with van der Waals surface area (Å²) in [5, 5.41) is 31.3. The smallest absolute Gasteiger partial charge is 0.451 e. The largest absolute Gasteiger partial charge is 0.480 e. The van der Waals surface area contributed by atoms with Gasteiger partial charge in [0.15, 0.2) is 0 Å². The Hall–Kier alpha value is -1.41. The van der Waals surface area contributed by atoms with Crippen LogP contribution in [0.5, 0.6) is 0 Å². The van der Waals surface area contributed by atoms with E-state index >= 15 is 0 Å². The molecule has 2 fully saturated rings. The van der Waals surface area contributed by atoms with E-state index < -0.39 is 18.6 Å². The highest BCUT2D eigenvalue weighted by atomic mass is 16.4. The van der Waals surface area contributed by atoms with E-state index in [2.05, 4.69) is 35.6 Å². The number of nitrogens with one attached hydrogen (secondary N) is 1. The number of rotatable bonds is 10. The van der Waals surface area contributed by atoms with Crippen molar-refractivity contribution in [1.29, 1.82) is 0 Å². The first-order chi connectivity index (χ1) is 13.9. The molecule has 1 atom stereocenters. The number of benzene rings is 1. The van der Waals surface area contributed by atoms with Gasteiger partial charge in [-0.2, -0.15) is 0 Å². The minimum Gasteiger partial charge on any atom is -0.480 e. The molecule has 0 heterocycles. The lowest BCUT2D eigenvalue weighted by Crippen LogP contribution is -2.62. The summed E-state index contributed by atoms with van der Waals surface area (Å²) >= 11 is 0. The van der Waals surface area contributed by atoms with E-state index in [1.54, 1.807) is 0 Å². The molecule has 2 aliphatic rings. The molecule has 6 nitrogen and oxygen atoms in total. The van der Waals surface area contributed by atoms with Crippen molar-refractivity contribution in [3.05, 3.63) is 35.9 Å². The third-order valence-electron chi connectivity index (χ3n) is 7.04. The third kappa shape index (κ3) is 5.82. The van der Waals surface area contributed by atoms with E-state index in [1.165, 1.54) is 18.4 Å². The number of carboxylic acids is 1. The van der Waals surface area contributed by atoms with Gasteiger partial charge in [0, 0.05) is 12.1 Å². The first-order valence-electron chi connectivity index (χ1n) is 11.1. The first-order valence-corrected chi connectivity index (χ1v) is 11.1. The van der Waals surface area contributed by atoms with Gasteiger partial charge in [0.1, 0.15) is 5.54 Å². The standard InChI is InChI=1S/C22H35BN2O4/c24-22(21(26)27,12-4-5-13-23(28)29)18-14-20(15-18)25-19-10-8-17(9-11-19)16-6-2-1-3-7-16/h1-3,6-7,17-20,25,28-29H,4-5,8-15,24H2,(H,26,27)/t17?,18-,19?,20-,22-/m0/s1. The Bertz CT molecular complexity index is 645. The van der Waals surface area contributed by atoms with Crippen LogP contribution in [-0.2, 0) is 4.79 Å². The van der Waals surface area contributed by atoms with Crippen molar-refractivity contribution in [2.75, 3.05) is 0 Å². The van der Waals surface area contributed by atoms with Crippen molar-refractivity contribution in [2.45, 2.75) is 87.6 Å². The summed E-state index contributed by atoms with van der Waals surface area (Å²) in [5.74, 6) is -0.296. The highest BCUT2D eigenvalue weighted by Gasteiger charge is 2.48. The Morgan fingerprint density at radius 3 is 2.31 bits per heavy atom. The second-order valence-electron chi connectivity index (χ2n) is 9.06. The number of carboxylic acid groups (broad SMARTS) is 1. The van der Waals surface area contributed by atoms with E-state index in [0.717, 1.165) is 25.7 Å². The Balaban J connectivity index is 1.40. The molecule has 0 radical (unpaired) electrons. The molecule has 29 heavy (non-hydrogen) atoms. The van der Waals surface area contributed by atoms with Gasteiger partial charge in [0.25, 0.3) is 0 Å². The highest BCUT2D eigenvalue weighted by Crippen LogP contribution is 2.40. The van der Waals surface area contributed by atoms with Crippen LogP contribution < -0.4 is 11.1 Å². The minimum atomic E-state index is -1.33. The molecule has 160 valence electrons. The zero-order valence-corrected chi connectivity index (χ0v) is 17.2. The molecule has 3 rings (SSSR count). The maximum absolute atomic E-state index is 11.8. The molecule has 0 unspecified atom stereocenters. The van der Waals surface area contributed by atoms with Crippen LogP contribution in [-0.4, -0.2) is 45.9 Å².